The van der Waals surface area contributed by atoms with Gasteiger partial charge in [0.25, 0.3) is 5.91 Å². The van der Waals surface area contributed by atoms with Crippen molar-refractivity contribution in [1.82, 2.24) is 19.4 Å². The lowest BCUT2D eigenvalue weighted by molar-refractivity contribution is 0.0585. The van der Waals surface area contributed by atoms with Crippen molar-refractivity contribution in [2.45, 2.75) is 51.1 Å². The van der Waals surface area contributed by atoms with Gasteiger partial charge in [0.05, 0.1) is 5.69 Å². The minimum absolute atomic E-state index is 0.160. The average molecular weight is 383 g/mol. The summed E-state index contributed by atoms with van der Waals surface area (Å²) in [5.41, 5.74) is 3.87. The fourth-order valence-electron chi connectivity index (χ4n) is 5.19. The molecule has 3 saturated heterocycles. The highest BCUT2D eigenvalue weighted by molar-refractivity contribution is 7.08. The van der Waals surface area contributed by atoms with Crippen LogP contribution < -0.4 is 0 Å². The molecule has 2 aromatic rings. The molecule has 2 atom stereocenters. The number of aromatic nitrogens is 2. The van der Waals surface area contributed by atoms with Gasteiger partial charge in [0.2, 0.25) is 0 Å². The van der Waals surface area contributed by atoms with E-state index in [0.717, 1.165) is 55.9 Å². The summed E-state index contributed by atoms with van der Waals surface area (Å²) >= 11 is 1.26. The Labute approximate surface area is 164 Å². The van der Waals surface area contributed by atoms with Crippen molar-refractivity contribution in [1.29, 1.82) is 0 Å². The Balaban J connectivity index is 1.34. The van der Waals surface area contributed by atoms with Crippen LogP contribution in [0.4, 0.5) is 0 Å². The van der Waals surface area contributed by atoms with Gasteiger partial charge in [-0.15, -0.1) is 5.10 Å². The molecule has 3 aliphatic heterocycles. The Kier molecular flexibility index (Phi) is 4.48. The van der Waals surface area contributed by atoms with Gasteiger partial charge in [0, 0.05) is 31.7 Å². The number of carbonyl (C=O) groups excluding carboxylic acids is 1. The molecular formula is C21H26N4OS. The molecule has 0 unspecified atom stereocenters. The Morgan fingerprint density at radius 3 is 2.63 bits per heavy atom. The first-order valence-corrected chi connectivity index (χ1v) is 10.9. The van der Waals surface area contributed by atoms with E-state index in [2.05, 4.69) is 43.7 Å². The number of amides is 1. The van der Waals surface area contributed by atoms with Crippen LogP contribution in [0.15, 0.2) is 24.3 Å². The molecule has 0 saturated carbocycles. The van der Waals surface area contributed by atoms with Gasteiger partial charge in [-0.2, -0.15) is 0 Å². The van der Waals surface area contributed by atoms with Gasteiger partial charge in [-0.05, 0) is 60.7 Å². The van der Waals surface area contributed by atoms with Gasteiger partial charge in [-0.3, -0.25) is 9.69 Å². The summed E-state index contributed by atoms with van der Waals surface area (Å²) in [6.07, 6.45) is 5.45. The molecule has 1 aliphatic carbocycles. The highest BCUT2D eigenvalue weighted by Gasteiger charge is 2.41. The zero-order chi connectivity index (χ0) is 18.4. The Hall–Kier alpha value is -1.79. The van der Waals surface area contributed by atoms with Crippen LogP contribution in [0.25, 0.3) is 0 Å². The highest BCUT2D eigenvalue weighted by atomic mass is 32.1. The van der Waals surface area contributed by atoms with E-state index in [1.54, 1.807) is 0 Å². The van der Waals surface area contributed by atoms with Crippen LogP contribution in [0.2, 0.25) is 0 Å². The number of piperidine rings is 1. The van der Waals surface area contributed by atoms with E-state index in [0.29, 0.717) is 18.0 Å². The van der Waals surface area contributed by atoms with E-state index in [1.807, 2.05) is 6.92 Å². The Morgan fingerprint density at radius 1 is 1.11 bits per heavy atom. The summed E-state index contributed by atoms with van der Waals surface area (Å²) in [4.78, 5) is 18.8. The maximum atomic E-state index is 13.2. The summed E-state index contributed by atoms with van der Waals surface area (Å²) in [5, 5.41) is 4.15. The van der Waals surface area contributed by atoms with Crippen molar-refractivity contribution < 1.29 is 4.79 Å². The molecule has 5 nitrogen and oxygen atoms in total. The SMILES string of the molecule is CCc1nnsc1C(=O)N1C[C@H]2CC[C@@H]1CN(C1Cc3ccccc3C1)C2. The van der Waals surface area contributed by atoms with Crippen LogP contribution in [0.1, 0.15) is 46.3 Å². The summed E-state index contributed by atoms with van der Waals surface area (Å²) < 4.78 is 4.03. The molecule has 4 heterocycles. The number of rotatable bonds is 3. The summed E-state index contributed by atoms with van der Waals surface area (Å²) in [7, 11) is 0. The first-order chi connectivity index (χ1) is 13.2. The van der Waals surface area contributed by atoms with Crippen LogP contribution in [-0.4, -0.2) is 57.0 Å². The number of fused-ring (bicyclic) bond motifs is 5. The van der Waals surface area contributed by atoms with E-state index < -0.39 is 0 Å². The monoisotopic (exact) mass is 382 g/mol. The second kappa shape index (κ2) is 6.99. The van der Waals surface area contributed by atoms with E-state index in [1.165, 1.54) is 29.1 Å². The topological polar surface area (TPSA) is 49.3 Å². The normalized spacial score (nSPS) is 25.6. The molecule has 1 aromatic carbocycles. The molecule has 3 fully saturated rings. The third-order valence-electron chi connectivity index (χ3n) is 6.63. The molecule has 4 aliphatic rings. The summed E-state index contributed by atoms with van der Waals surface area (Å²) in [5.74, 6) is 0.746. The second-order valence-corrected chi connectivity index (χ2v) is 9.00. The zero-order valence-corrected chi connectivity index (χ0v) is 16.6. The standard InChI is InChI=1S/C21H26N4OS/c1-2-19-20(27-23-22-19)21(26)25-12-14-7-8-17(25)13-24(11-14)18-9-15-5-3-4-6-16(15)10-18/h3-6,14,17-18H,2,7-13H2,1H3/t14-,17+/m0/s1. The van der Waals surface area contributed by atoms with E-state index in [9.17, 15) is 4.79 Å². The van der Waals surface area contributed by atoms with E-state index in [4.69, 9.17) is 0 Å². The third-order valence-corrected chi connectivity index (χ3v) is 7.39. The van der Waals surface area contributed by atoms with Crippen LogP contribution in [-0.2, 0) is 19.3 Å². The molecule has 2 bridgehead atoms. The minimum Gasteiger partial charge on any atom is -0.333 e. The van der Waals surface area contributed by atoms with Crippen molar-refractivity contribution in [3.8, 4) is 0 Å². The number of carbonyl (C=O) groups is 1. The minimum atomic E-state index is 0.160. The summed E-state index contributed by atoms with van der Waals surface area (Å²) in [6.45, 7) is 5.07. The van der Waals surface area contributed by atoms with E-state index >= 15 is 0 Å². The Bertz CT molecular complexity index is 825. The lowest BCUT2D eigenvalue weighted by Gasteiger charge is -2.36. The average Bonchev–Trinajstić information content (AvgIpc) is 3.25. The predicted molar refractivity (Wildman–Crippen MR) is 106 cm³/mol. The maximum Gasteiger partial charge on any atom is 0.267 e. The smallest absolute Gasteiger partial charge is 0.267 e. The highest BCUT2D eigenvalue weighted by Crippen LogP contribution is 2.34. The van der Waals surface area contributed by atoms with Gasteiger partial charge in [0.1, 0.15) is 4.88 Å². The number of nitrogens with zero attached hydrogens (tertiary/aromatic N) is 4. The van der Waals surface area contributed by atoms with Crippen molar-refractivity contribution in [3.63, 3.8) is 0 Å². The second-order valence-electron chi connectivity index (χ2n) is 8.24. The van der Waals surface area contributed by atoms with Crippen LogP contribution in [0.3, 0.4) is 0 Å². The van der Waals surface area contributed by atoms with Gasteiger partial charge in [0.15, 0.2) is 0 Å². The van der Waals surface area contributed by atoms with Crippen molar-refractivity contribution in [2.75, 3.05) is 19.6 Å². The first-order valence-electron chi connectivity index (χ1n) is 10.2. The van der Waals surface area contributed by atoms with Crippen molar-refractivity contribution >= 4 is 17.4 Å². The molecular weight excluding hydrogens is 356 g/mol. The predicted octanol–water partition coefficient (Wildman–Crippen LogP) is 2.80. The van der Waals surface area contributed by atoms with Crippen LogP contribution in [0.5, 0.6) is 0 Å². The van der Waals surface area contributed by atoms with Crippen LogP contribution >= 0.6 is 11.5 Å². The Morgan fingerprint density at radius 2 is 1.89 bits per heavy atom. The van der Waals surface area contributed by atoms with Crippen molar-refractivity contribution in [3.05, 3.63) is 46.0 Å². The molecule has 1 aromatic heterocycles. The number of aryl methyl sites for hydroxylation is 1. The summed E-state index contributed by atoms with van der Waals surface area (Å²) in [6, 6.07) is 9.79. The maximum absolute atomic E-state index is 13.2. The molecule has 0 radical (unpaired) electrons. The number of hydrogen-bond acceptors (Lipinski definition) is 5. The van der Waals surface area contributed by atoms with Gasteiger partial charge >= 0.3 is 0 Å². The molecule has 6 heteroatoms. The molecule has 27 heavy (non-hydrogen) atoms. The van der Waals surface area contributed by atoms with Crippen LogP contribution in [0, 0.1) is 5.92 Å². The lowest BCUT2D eigenvalue weighted by atomic mass is 9.94. The van der Waals surface area contributed by atoms with Gasteiger partial charge in [-0.1, -0.05) is 35.7 Å². The number of hydrogen-bond donors (Lipinski definition) is 0. The lowest BCUT2D eigenvalue weighted by Crippen LogP contribution is -2.48. The van der Waals surface area contributed by atoms with Gasteiger partial charge < -0.3 is 4.90 Å². The van der Waals surface area contributed by atoms with Crippen molar-refractivity contribution in [2.24, 2.45) is 5.92 Å². The largest absolute Gasteiger partial charge is 0.333 e. The van der Waals surface area contributed by atoms with Gasteiger partial charge in [-0.25, -0.2) is 0 Å². The first kappa shape index (κ1) is 17.3. The third kappa shape index (κ3) is 3.09. The zero-order valence-electron chi connectivity index (χ0n) is 15.8. The van der Waals surface area contributed by atoms with E-state index in [-0.39, 0.29) is 5.91 Å². The molecule has 0 N–H and O–H groups in total. The molecule has 0 spiro atoms. The molecule has 6 rings (SSSR count). The molecule has 1 amide bonds. The number of benzene rings is 1. The fourth-order valence-corrected chi connectivity index (χ4v) is 5.90. The molecule has 142 valence electrons. The quantitative estimate of drug-likeness (QED) is 0.819. The fraction of sp³-hybridized carbons (Fsp3) is 0.571.